The number of aromatic nitrogens is 2. The minimum absolute atomic E-state index is 0.0561. The highest BCUT2D eigenvalue weighted by atomic mass is 35.5. The fourth-order valence-electron chi connectivity index (χ4n) is 3.48. The van der Waals surface area contributed by atoms with Crippen molar-refractivity contribution in [2.75, 3.05) is 0 Å². The van der Waals surface area contributed by atoms with Crippen LogP contribution in [0.5, 0.6) is 5.75 Å². The van der Waals surface area contributed by atoms with Gasteiger partial charge in [0, 0.05) is 42.1 Å². The Morgan fingerprint density at radius 3 is 2.90 bits per heavy atom. The Hall–Kier alpha value is -2.70. The fraction of sp³-hybridized carbons (Fsp3) is 0.261. The first-order chi connectivity index (χ1) is 14.4. The number of halogens is 1. The first-order valence-corrected chi connectivity index (χ1v) is 10.9. The SMILES string of the molecule is CC(=O)c1ccc(-c2cc(Cl)c3c(c2)CC(CCC(=O)/C=C/c2cnn(C)c2)O3)s1. The maximum atomic E-state index is 12.2. The predicted octanol–water partition coefficient (Wildman–Crippen LogP) is 5.37. The molecule has 4 rings (SSSR count). The summed E-state index contributed by atoms with van der Waals surface area (Å²) < 4.78 is 7.71. The van der Waals surface area contributed by atoms with Gasteiger partial charge >= 0.3 is 0 Å². The highest BCUT2D eigenvalue weighted by Crippen LogP contribution is 2.41. The molecule has 30 heavy (non-hydrogen) atoms. The first kappa shape index (κ1) is 20.6. The number of hydrogen-bond acceptors (Lipinski definition) is 5. The van der Waals surface area contributed by atoms with Crippen molar-refractivity contribution in [1.82, 2.24) is 9.78 Å². The highest BCUT2D eigenvalue weighted by molar-refractivity contribution is 7.17. The van der Waals surface area contributed by atoms with Crippen LogP contribution < -0.4 is 4.74 Å². The van der Waals surface area contributed by atoms with Gasteiger partial charge in [-0.3, -0.25) is 14.3 Å². The van der Waals surface area contributed by atoms with E-state index < -0.39 is 0 Å². The Morgan fingerprint density at radius 2 is 2.20 bits per heavy atom. The molecule has 0 saturated heterocycles. The minimum Gasteiger partial charge on any atom is -0.488 e. The van der Waals surface area contributed by atoms with Gasteiger partial charge in [-0.05, 0) is 55.3 Å². The van der Waals surface area contributed by atoms with Crippen LogP contribution >= 0.6 is 22.9 Å². The van der Waals surface area contributed by atoms with Gasteiger partial charge < -0.3 is 4.74 Å². The van der Waals surface area contributed by atoms with Gasteiger partial charge in [0.2, 0.25) is 0 Å². The molecular weight excluding hydrogens is 420 g/mol. The van der Waals surface area contributed by atoms with Gasteiger partial charge in [-0.15, -0.1) is 11.3 Å². The van der Waals surface area contributed by atoms with Crippen LogP contribution in [0.4, 0.5) is 0 Å². The zero-order chi connectivity index (χ0) is 21.3. The van der Waals surface area contributed by atoms with Crippen LogP contribution in [0, 0.1) is 0 Å². The van der Waals surface area contributed by atoms with Gasteiger partial charge in [-0.1, -0.05) is 11.6 Å². The number of hydrogen-bond donors (Lipinski definition) is 0. The van der Waals surface area contributed by atoms with E-state index in [9.17, 15) is 9.59 Å². The largest absolute Gasteiger partial charge is 0.488 e. The summed E-state index contributed by atoms with van der Waals surface area (Å²) in [6.07, 6.45) is 8.62. The summed E-state index contributed by atoms with van der Waals surface area (Å²) in [5.41, 5.74) is 2.92. The fourth-order valence-corrected chi connectivity index (χ4v) is 4.65. The lowest BCUT2D eigenvalue weighted by Gasteiger charge is -2.10. The molecule has 2 aromatic heterocycles. The molecule has 154 valence electrons. The summed E-state index contributed by atoms with van der Waals surface area (Å²) in [5.74, 6) is 0.816. The molecule has 1 unspecified atom stereocenters. The molecule has 0 bridgehead atoms. The van der Waals surface area contributed by atoms with Crippen LogP contribution in [0.25, 0.3) is 16.5 Å². The van der Waals surface area contributed by atoms with Crippen molar-refractivity contribution in [1.29, 1.82) is 0 Å². The zero-order valence-electron chi connectivity index (χ0n) is 16.7. The molecule has 7 heteroatoms. The first-order valence-electron chi connectivity index (χ1n) is 9.69. The number of allylic oxidation sites excluding steroid dienone is 1. The molecule has 0 N–H and O–H groups in total. The number of nitrogens with zero attached hydrogens (tertiary/aromatic N) is 2. The second-order valence-corrected chi connectivity index (χ2v) is 8.89. The predicted molar refractivity (Wildman–Crippen MR) is 119 cm³/mol. The molecule has 0 saturated carbocycles. The van der Waals surface area contributed by atoms with Crippen molar-refractivity contribution < 1.29 is 14.3 Å². The maximum Gasteiger partial charge on any atom is 0.169 e. The second-order valence-electron chi connectivity index (χ2n) is 7.40. The van der Waals surface area contributed by atoms with Gasteiger partial charge in [0.05, 0.1) is 16.1 Å². The van der Waals surface area contributed by atoms with Crippen molar-refractivity contribution in [3.8, 4) is 16.2 Å². The monoisotopic (exact) mass is 440 g/mol. The molecule has 0 spiro atoms. The van der Waals surface area contributed by atoms with Crippen molar-refractivity contribution in [3.05, 3.63) is 63.8 Å². The molecule has 1 aliphatic rings. The van der Waals surface area contributed by atoms with E-state index in [1.807, 2.05) is 31.4 Å². The highest BCUT2D eigenvalue weighted by Gasteiger charge is 2.26. The van der Waals surface area contributed by atoms with Crippen LogP contribution in [0.3, 0.4) is 0 Å². The quantitative estimate of drug-likeness (QED) is 0.366. The number of ether oxygens (including phenoxy) is 1. The number of carbonyl (C=O) groups is 2. The normalized spacial score (nSPS) is 15.4. The van der Waals surface area contributed by atoms with Crippen LogP contribution in [0.2, 0.25) is 5.02 Å². The number of ketones is 2. The number of fused-ring (bicyclic) bond motifs is 1. The lowest BCUT2D eigenvalue weighted by molar-refractivity contribution is -0.114. The smallest absolute Gasteiger partial charge is 0.169 e. The topological polar surface area (TPSA) is 61.2 Å². The van der Waals surface area contributed by atoms with Crippen LogP contribution in [-0.4, -0.2) is 27.5 Å². The van der Waals surface area contributed by atoms with E-state index in [-0.39, 0.29) is 17.7 Å². The van der Waals surface area contributed by atoms with E-state index in [0.29, 0.717) is 30.0 Å². The number of rotatable bonds is 7. The average Bonchev–Trinajstić information content (AvgIpc) is 3.43. The zero-order valence-corrected chi connectivity index (χ0v) is 18.3. The van der Waals surface area contributed by atoms with Gasteiger partial charge in [0.15, 0.2) is 11.6 Å². The summed E-state index contributed by atoms with van der Waals surface area (Å²) in [4.78, 5) is 25.5. The van der Waals surface area contributed by atoms with Crippen molar-refractivity contribution >= 4 is 40.6 Å². The second kappa shape index (κ2) is 8.58. The van der Waals surface area contributed by atoms with Crippen molar-refractivity contribution in [2.24, 2.45) is 7.05 Å². The number of benzene rings is 1. The van der Waals surface area contributed by atoms with Crippen LogP contribution in [-0.2, 0) is 18.3 Å². The molecule has 1 aromatic carbocycles. The van der Waals surface area contributed by atoms with Crippen molar-refractivity contribution in [2.45, 2.75) is 32.3 Å². The molecule has 3 aromatic rings. The maximum absolute atomic E-state index is 12.2. The molecule has 3 heterocycles. The molecule has 0 aliphatic carbocycles. The third kappa shape index (κ3) is 4.55. The Bertz CT molecular complexity index is 1150. The summed E-state index contributed by atoms with van der Waals surface area (Å²) in [6.45, 7) is 1.57. The third-order valence-corrected chi connectivity index (χ3v) is 6.51. The van der Waals surface area contributed by atoms with Gasteiger partial charge in [0.1, 0.15) is 11.9 Å². The Kier molecular flexibility index (Phi) is 5.88. The molecule has 1 aliphatic heterocycles. The molecular formula is C23H21ClN2O3S. The third-order valence-electron chi connectivity index (χ3n) is 4.99. The van der Waals surface area contributed by atoms with Crippen LogP contribution in [0.1, 0.15) is 40.6 Å². The Balaban J connectivity index is 1.39. The van der Waals surface area contributed by atoms with Crippen molar-refractivity contribution in [3.63, 3.8) is 0 Å². The number of aryl methyl sites for hydroxylation is 1. The molecule has 1 atom stereocenters. The van der Waals surface area contributed by atoms with E-state index in [1.165, 1.54) is 11.3 Å². The average molecular weight is 441 g/mol. The molecule has 5 nitrogen and oxygen atoms in total. The number of carbonyl (C=O) groups excluding carboxylic acids is 2. The summed E-state index contributed by atoms with van der Waals surface area (Å²) in [7, 11) is 1.84. The van der Waals surface area contributed by atoms with E-state index >= 15 is 0 Å². The van der Waals surface area contributed by atoms with E-state index in [2.05, 4.69) is 11.2 Å². The van der Waals surface area contributed by atoms with E-state index in [0.717, 1.165) is 26.4 Å². The molecule has 0 amide bonds. The van der Waals surface area contributed by atoms with E-state index in [1.54, 1.807) is 30.0 Å². The van der Waals surface area contributed by atoms with Gasteiger partial charge in [-0.2, -0.15) is 5.10 Å². The number of thiophene rings is 1. The molecule has 0 fully saturated rings. The van der Waals surface area contributed by atoms with Crippen LogP contribution in [0.15, 0.2) is 42.7 Å². The Morgan fingerprint density at radius 1 is 1.37 bits per heavy atom. The van der Waals surface area contributed by atoms with Gasteiger partial charge in [0.25, 0.3) is 0 Å². The summed E-state index contributed by atoms with van der Waals surface area (Å²) >= 11 is 7.93. The van der Waals surface area contributed by atoms with Gasteiger partial charge in [-0.25, -0.2) is 0 Å². The lowest BCUT2D eigenvalue weighted by atomic mass is 10.0. The summed E-state index contributed by atoms with van der Waals surface area (Å²) in [5, 5.41) is 4.64. The summed E-state index contributed by atoms with van der Waals surface area (Å²) in [6, 6.07) is 7.73. The number of Topliss-reactive ketones (excluding diaryl/α,β-unsaturated/α-hetero) is 1. The Labute approximate surface area is 183 Å². The standard InChI is InChI=1S/C23H21ClN2O3S/c1-14(27)21-7-8-22(30-21)16-9-17-10-19(29-23(17)20(24)11-16)6-5-18(28)4-3-15-12-25-26(2)13-15/h3-4,7-9,11-13,19H,5-6,10H2,1-2H3/b4-3+. The molecule has 0 radical (unpaired) electrons. The lowest BCUT2D eigenvalue weighted by Crippen LogP contribution is -2.14. The minimum atomic E-state index is -0.0698. The van der Waals surface area contributed by atoms with E-state index in [4.69, 9.17) is 16.3 Å².